The fourth-order valence-corrected chi connectivity index (χ4v) is 1.17. The van der Waals surface area contributed by atoms with Gasteiger partial charge in [0.25, 0.3) is 0 Å². The van der Waals surface area contributed by atoms with Crippen molar-refractivity contribution in [1.82, 2.24) is 0 Å². The van der Waals surface area contributed by atoms with Gasteiger partial charge in [-0.2, -0.15) is 0 Å². The second kappa shape index (κ2) is 14.7. The van der Waals surface area contributed by atoms with E-state index in [1.54, 1.807) is 36.4 Å². The first kappa shape index (κ1) is 23.1. The molecule has 0 fully saturated rings. The third-order valence-electron chi connectivity index (χ3n) is 2.29. The number of hydrogen-bond donors (Lipinski definition) is 4. The molecule has 129 valence electrons. The fraction of sp³-hybridized carbons (Fsp3) is 0.125. The Morgan fingerprint density at radius 1 is 0.739 bits per heavy atom. The molecule has 0 aliphatic heterocycles. The van der Waals surface area contributed by atoms with Crippen LogP contribution >= 0.6 is 0 Å². The van der Waals surface area contributed by atoms with E-state index in [0.29, 0.717) is 36.8 Å². The van der Waals surface area contributed by atoms with Crippen molar-refractivity contribution in [3.63, 3.8) is 0 Å². The zero-order valence-corrected chi connectivity index (χ0v) is 13.3. The molecule has 0 heterocycles. The Hall–Kier alpha value is -2.18. The van der Waals surface area contributed by atoms with Crippen LogP contribution in [0.15, 0.2) is 48.5 Å². The minimum absolute atomic E-state index is 0. The molecule has 2 aromatic rings. The number of aldehydes is 2. The van der Waals surface area contributed by atoms with Gasteiger partial charge >= 0.3 is 0 Å². The van der Waals surface area contributed by atoms with Crippen molar-refractivity contribution in [2.24, 2.45) is 11.5 Å². The number of hydrogen-bond acceptors (Lipinski definition) is 6. The van der Waals surface area contributed by atoms with Gasteiger partial charge in [-0.05, 0) is 24.3 Å². The molecule has 0 aromatic heterocycles. The number of carbonyl (C=O) groups is 2. The Morgan fingerprint density at radius 3 is 1.22 bits per heavy atom. The van der Waals surface area contributed by atoms with Gasteiger partial charge in [0.05, 0.1) is 11.1 Å². The van der Waals surface area contributed by atoms with Crippen LogP contribution < -0.4 is 11.5 Å². The zero-order valence-electron chi connectivity index (χ0n) is 12.4. The Bertz CT molecular complexity index is 528. The summed E-state index contributed by atoms with van der Waals surface area (Å²) in [7, 11) is 0. The predicted molar refractivity (Wildman–Crippen MR) is 85.1 cm³/mol. The Labute approximate surface area is 145 Å². The molecule has 23 heavy (non-hydrogen) atoms. The molecule has 7 heteroatoms. The van der Waals surface area contributed by atoms with Crippen LogP contribution in [0.3, 0.4) is 0 Å². The minimum atomic E-state index is 0. The van der Waals surface area contributed by atoms with Gasteiger partial charge in [-0.1, -0.05) is 24.3 Å². The van der Waals surface area contributed by atoms with Crippen LogP contribution in [0.5, 0.6) is 11.5 Å². The molecule has 6 nitrogen and oxygen atoms in total. The normalized spacial score (nSPS) is 8.26. The topological polar surface area (TPSA) is 127 Å². The Kier molecular flexibility index (Phi) is 14.8. The number of benzene rings is 2. The first-order valence-corrected chi connectivity index (χ1v) is 6.47. The number of para-hydroxylation sites is 2. The van der Waals surface area contributed by atoms with Crippen molar-refractivity contribution >= 4 is 12.6 Å². The molecule has 0 aliphatic carbocycles. The standard InChI is InChI=1S/2C7H6O2.C2H8N2.Cu/c2*8-5-6-3-1-2-4-7(6)9;3-1-2-4;/h2*1-5,9H;1-4H2;. The van der Waals surface area contributed by atoms with Gasteiger partial charge in [0.1, 0.15) is 11.5 Å². The SMILES string of the molecule is NCCN.O=Cc1ccccc1O.O=Cc1ccccc1O.[Cu]. The van der Waals surface area contributed by atoms with Crippen molar-refractivity contribution in [2.75, 3.05) is 13.1 Å². The molecule has 0 aliphatic rings. The third-order valence-corrected chi connectivity index (χ3v) is 2.29. The fourth-order valence-electron chi connectivity index (χ4n) is 1.17. The van der Waals surface area contributed by atoms with Crippen molar-refractivity contribution in [1.29, 1.82) is 0 Å². The number of phenols is 2. The molecule has 1 radical (unpaired) electrons. The van der Waals surface area contributed by atoms with E-state index in [0.717, 1.165) is 0 Å². The van der Waals surface area contributed by atoms with Gasteiger partial charge in [-0.25, -0.2) is 0 Å². The molecule has 0 saturated carbocycles. The van der Waals surface area contributed by atoms with Crippen LogP contribution in [-0.4, -0.2) is 35.9 Å². The number of nitrogens with two attached hydrogens (primary N) is 2. The van der Waals surface area contributed by atoms with Crippen molar-refractivity contribution in [3.05, 3.63) is 59.7 Å². The monoisotopic (exact) mass is 367 g/mol. The summed E-state index contributed by atoms with van der Waals surface area (Å²) >= 11 is 0. The van der Waals surface area contributed by atoms with E-state index >= 15 is 0 Å². The van der Waals surface area contributed by atoms with E-state index in [1.165, 1.54) is 12.1 Å². The summed E-state index contributed by atoms with van der Waals surface area (Å²) in [5, 5.41) is 17.8. The molecule has 0 saturated heterocycles. The molecule has 0 atom stereocenters. The van der Waals surface area contributed by atoms with Crippen LogP contribution in [0.4, 0.5) is 0 Å². The van der Waals surface area contributed by atoms with Crippen molar-refractivity contribution in [3.8, 4) is 11.5 Å². The number of aromatic hydroxyl groups is 2. The van der Waals surface area contributed by atoms with E-state index in [9.17, 15) is 9.59 Å². The van der Waals surface area contributed by atoms with Crippen molar-refractivity contribution < 1.29 is 36.9 Å². The number of carbonyl (C=O) groups excluding carboxylic acids is 2. The summed E-state index contributed by atoms with van der Waals surface area (Å²) in [4.78, 5) is 20.1. The van der Waals surface area contributed by atoms with E-state index in [1.807, 2.05) is 0 Å². The summed E-state index contributed by atoms with van der Waals surface area (Å²) in [5.41, 5.74) is 10.5. The Balaban J connectivity index is 0. The third kappa shape index (κ3) is 10.2. The predicted octanol–water partition coefficient (Wildman–Crippen LogP) is 1.31. The van der Waals surface area contributed by atoms with Crippen LogP contribution in [0.25, 0.3) is 0 Å². The molecule has 6 N–H and O–H groups in total. The Morgan fingerprint density at radius 2 is 1.04 bits per heavy atom. The van der Waals surface area contributed by atoms with E-state index < -0.39 is 0 Å². The van der Waals surface area contributed by atoms with E-state index in [-0.39, 0.29) is 28.6 Å². The van der Waals surface area contributed by atoms with E-state index in [4.69, 9.17) is 21.7 Å². The molecular weight excluding hydrogens is 348 g/mol. The summed E-state index contributed by atoms with van der Waals surface area (Å²) < 4.78 is 0. The average Bonchev–Trinajstić information content (AvgIpc) is 2.56. The summed E-state index contributed by atoms with van der Waals surface area (Å²) in [6, 6.07) is 12.8. The number of phenolic OH excluding ortho intramolecular Hbond substituents is 2. The zero-order chi connectivity index (χ0) is 16.8. The minimum Gasteiger partial charge on any atom is -0.507 e. The molecular formula is C16H20CuN2O4. The van der Waals surface area contributed by atoms with Gasteiger partial charge in [-0.3, -0.25) is 9.59 Å². The van der Waals surface area contributed by atoms with Gasteiger partial charge in [0, 0.05) is 30.2 Å². The summed E-state index contributed by atoms with van der Waals surface area (Å²) in [6.07, 6.45) is 1.24. The van der Waals surface area contributed by atoms with Gasteiger partial charge < -0.3 is 21.7 Å². The van der Waals surface area contributed by atoms with E-state index in [2.05, 4.69) is 0 Å². The van der Waals surface area contributed by atoms with Crippen molar-refractivity contribution in [2.45, 2.75) is 0 Å². The number of rotatable bonds is 3. The van der Waals surface area contributed by atoms with Crippen LogP contribution in [0.1, 0.15) is 20.7 Å². The summed E-state index contributed by atoms with van der Waals surface area (Å²) in [6.45, 7) is 1.19. The quantitative estimate of drug-likeness (QED) is 0.478. The average molecular weight is 368 g/mol. The van der Waals surface area contributed by atoms with Gasteiger partial charge in [0.2, 0.25) is 0 Å². The molecule has 0 unspecified atom stereocenters. The van der Waals surface area contributed by atoms with Gasteiger partial charge in [-0.15, -0.1) is 0 Å². The smallest absolute Gasteiger partial charge is 0.153 e. The van der Waals surface area contributed by atoms with Gasteiger partial charge in [0.15, 0.2) is 12.6 Å². The first-order valence-electron chi connectivity index (χ1n) is 6.47. The maximum Gasteiger partial charge on any atom is 0.153 e. The second-order valence-corrected chi connectivity index (χ2v) is 3.93. The molecule has 2 aromatic carbocycles. The largest absolute Gasteiger partial charge is 0.507 e. The molecule has 0 spiro atoms. The maximum atomic E-state index is 10.1. The van der Waals surface area contributed by atoms with Crippen LogP contribution in [-0.2, 0) is 17.1 Å². The van der Waals surface area contributed by atoms with Crippen LogP contribution in [0.2, 0.25) is 0 Å². The second-order valence-electron chi connectivity index (χ2n) is 3.93. The molecule has 0 bridgehead atoms. The van der Waals surface area contributed by atoms with Crippen LogP contribution in [0, 0.1) is 0 Å². The first-order chi connectivity index (χ1) is 10.6. The molecule has 2 rings (SSSR count). The molecule has 0 amide bonds. The summed E-state index contributed by atoms with van der Waals surface area (Å²) in [5.74, 6) is 0.0694. The maximum absolute atomic E-state index is 10.1.